The van der Waals surface area contributed by atoms with E-state index in [1.165, 1.54) is 12.8 Å². The van der Waals surface area contributed by atoms with Gasteiger partial charge in [0.15, 0.2) is 0 Å². The normalized spacial score (nSPS) is 10.5. The third-order valence-corrected chi connectivity index (χ3v) is 2.50. The van der Waals surface area contributed by atoms with Gasteiger partial charge in [0.2, 0.25) is 0 Å². The molecule has 1 rings (SSSR count). The maximum atomic E-state index is 5.50. The number of hydrogen-bond acceptors (Lipinski definition) is 3. The SMILES string of the molecule is CCCCCOCCOCCOc1ccccc1. The molecular weight excluding hydrogens is 228 g/mol. The number of benzene rings is 1. The standard InChI is InChI=1S/C15H24O3/c1-2-3-7-10-16-11-12-17-13-14-18-15-8-5-4-6-9-15/h4-6,8-9H,2-3,7,10-14H2,1H3. The summed E-state index contributed by atoms with van der Waals surface area (Å²) in [7, 11) is 0. The molecule has 0 fully saturated rings. The first kappa shape index (κ1) is 15.0. The summed E-state index contributed by atoms with van der Waals surface area (Å²) in [5, 5.41) is 0. The molecule has 0 bridgehead atoms. The number of ether oxygens (including phenoxy) is 3. The van der Waals surface area contributed by atoms with Crippen LogP contribution in [0.15, 0.2) is 30.3 Å². The van der Waals surface area contributed by atoms with Gasteiger partial charge in [0.05, 0.1) is 19.8 Å². The van der Waals surface area contributed by atoms with Crippen LogP contribution in [0, 0.1) is 0 Å². The summed E-state index contributed by atoms with van der Waals surface area (Å²) < 4.78 is 16.3. The predicted molar refractivity (Wildman–Crippen MR) is 73.1 cm³/mol. The number of hydrogen-bond donors (Lipinski definition) is 0. The lowest BCUT2D eigenvalue weighted by Gasteiger charge is -2.07. The molecule has 0 aliphatic heterocycles. The lowest BCUT2D eigenvalue weighted by Crippen LogP contribution is -2.11. The van der Waals surface area contributed by atoms with Gasteiger partial charge in [-0.15, -0.1) is 0 Å². The molecule has 102 valence electrons. The molecule has 0 spiro atoms. The second kappa shape index (κ2) is 11.1. The maximum Gasteiger partial charge on any atom is 0.119 e. The number of unbranched alkanes of at least 4 members (excludes halogenated alkanes) is 2. The van der Waals surface area contributed by atoms with Gasteiger partial charge >= 0.3 is 0 Å². The van der Waals surface area contributed by atoms with E-state index >= 15 is 0 Å². The Hall–Kier alpha value is -1.06. The van der Waals surface area contributed by atoms with Crippen molar-refractivity contribution in [2.24, 2.45) is 0 Å². The van der Waals surface area contributed by atoms with Gasteiger partial charge in [0.25, 0.3) is 0 Å². The van der Waals surface area contributed by atoms with Crippen molar-refractivity contribution in [1.29, 1.82) is 0 Å². The third kappa shape index (κ3) is 8.09. The molecule has 0 radical (unpaired) electrons. The van der Waals surface area contributed by atoms with Gasteiger partial charge in [-0.25, -0.2) is 0 Å². The van der Waals surface area contributed by atoms with Gasteiger partial charge in [-0.05, 0) is 18.6 Å². The molecule has 0 unspecified atom stereocenters. The lowest BCUT2D eigenvalue weighted by molar-refractivity contribution is 0.0353. The fourth-order valence-corrected chi connectivity index (χ4v) is 1.51. The number of para-hydroxylation sites is 1. The molecule has 1 aromatic rings. The van der Waals surface area contributed by atoms with E-state index in [4.69, 9.17) is 14.2 Å². The minimum absolute atomic E-state index is 0.583. The molecule has 18 heavy (non-hydrogen) atoms. The summed E-state index contributed by atoms with van der Waals surface area (Å²) >= 11 is 0. The largest absolute Gasteiger partial charge is 0.491 e. The molecule has 3 heteroatoms. The van der Waals surface area contributed by atoms with Gasteiger partial charge in [-0.1, -0.05) is 38.0 Å². The molecular formula is C15H24O3. The van der Waals surface area contributed by atoms with Crippen LogP contribution in [0.4, 0.5) is 0 Å². The summed E-state index contributed by atoms with van der Waals surface area (Å²) in [6, 6.07) is 9.77. The molecule has 0 atom stereocenters. The quantitative estimate of drug-likeness (QED) is 0.566. The van der Waals surface area contributed by atoms with Crippen LogP contribution in [-0.2, 0) is 9.47 Å². The Morgan fingerprint density at radius 2 is 1.44 bits per heavy atom. The van der Waals surface area contributed by atoms with Gasteiger partial charge in [0, 0.05) is 6.61 Å². The predicted octanol–water partition coefficient (Wildman–Crippen LogP) is 3.29. The molecule has 3 nitrogen and oxygen atoms in total. The minimum atomic E-state index is 0.583. The Morgan fingerprint density at radius 3 is 2.17 bits per heavy atom. The van der Waals surface area contributed by atoms with Crippen LogP contribution in [-0.4, -0.2) is 33.0 Å². The van der Waals surface area contributed by atoms with E-state index < -0.39 is 0 Å². The van der Waals surface area contributed by atoms with E-state index in [2.05, 4.69) is 6.92 Å². The van der Waals surface area contributed by atoms with Gasteiger partial charge in [0.1, 0.15) is 12.4 Å². The zero-order valence-corrected chi connectivity index (χ0v) is 11.3. The Labute approximate surface area is 110 Å². The third-order valence-electron chi connectivity index (χ3n) is 2.50. The molecule has 0 aromatic heterocycles. The second-order valence-corrected chi connectivity index (χ2v) is 4.09. The van der Waals surface area contributed by atoms with Crippen LogP contribution < -0.4 is 4.74 Å². The van der Waals surface area contributed by atoms with Crippen LogP contribution in [0.1, 0.15) is 26.2 Å². The fraction of sp³-hybridized carbons (Fsp3) is 0.600. The molecule has 0 heterocycles. The zero-order valence-electron chi connectivity index (χ0n) is 11.3. The average Bonchev–Trinajstić information content (AvgIpc) is 2.42. The Kier molecular flexibility index (Phi) is 9.21. The van der Waals surface area contributed by atoms with E-state index in [-0.39, 0.29) is 0 Å². The minimum Gasteiger partial charge on any atom is -0.491 e. The summed E-state index contributed by atoms with van der Waals surface area (Å²) in [5.74, 6) is 0.886. The van der Waals surface area contributed by atoms with E-state index in [0.29, 0.717) is 26.4 Å². The highest BCUT2D eigenvalue weighted by Crippen LogP contribution is 2.07. The van der Waals surface area contributed by atoms with Crippen LogP contribution in [0.3, 0.4) is 0 Å². The van der Waals surface area contributed by atoms with E-state index in [1.807, 2.05) is 30.3 Å². The topological polar surface area (TPSA) is 27.7 Å². The van der Waals surface area contributed by atoms with Crippen molar-refractivity contribution >= 4 is 0 Å². The van der Waals surface area contributed by atoms with E-state index in [1.54, 1.807) is 0 Å². The summed E-state index contributed by atoms with van der Waals surface area (Å²) in [6.07, 6.45) is 3.62. The summed E-state index contributed by atoms with van der Waals surface area (Å²) in [6.45, 7) is 5.54. The van der Waals surface area contributed by atoms with Crippen LogP contribution in [0.25, 0.3) is 0 Å². The Morgan fingerprint density at radius 1 is 0.778 bits per heavy atom. The molecule has 0 amide bonds. The first-order valence-electron chi connectivity index (χ1n) is 6.77. The summed E-state index contributed by atoms with van der Waals surface area (Å²) in [5.41, 5.74) is 0. The Balaban J connectivity index is 1.82. The first-order valence-corrected chi connectivity index (χ1v) is 6.77. The van der Waals surface area contributed by atoms with Crippen molar-refractivity contribution < 1.29 is 14.2 Å². The van der Waals surface area contributed by atoms with Crippen molar-refractivity contribution in [3.8, 4) is 5.75 Å². The van der Waals surface area contributed by atoms with Crippen molar-refractivity contribution in [3.05, 3.63) is 30.3 Å². The highest BCUT2D eigenvalue weighted by atomic mass is 16.5. The van der Waals surface area contributed by atoms with Crippen LogP contribution >= 0.6 is 0 Å². The second-order valence-electron chi connectivity index (χ2n) is 4.09. The molecule has 0 saturated carbocycles. The average molecular weight is 252 g/mol. The van der Waals surface area contributed by atoms with Crippen molar-refractivity contribution in [2.45, 2.75) is 26.2 Å². The highest BCUT2D eigenvalue weighted by molar-refractivity contribution is 5.20. The monoisotopic (exact) mass is 252 g/mol. The molecule has 0 N–H and O–H groups in total. The molecule has 0 saturated heterocycles. The van der Waals surface area contributed by atoms with Crippen molar-refractivity contribution in [2.75, 3.05) is 33.0 Å². The van der Waals surface area contributed by atoms with Crippen LogP contribution in [0.5, 0.6) is 5.75 Å². The Bertz CT molecular complexity index is 274. The summed E-state index contributed by atoms with van der Waals surface area (Å²) in [4.78, 5) is 0. The van der Waals surface area contributed by atoms with E-state index in [0.717, 1.165) is 18.8 Å². The zero-order chi connectivity index (χ0) is 12.9. The van der Waals surface area contributed by atoms with Gasteiger partial charge < -0.3 is 14.2 Å². The highest BCUT2D eigenvalue weighted by Gasteiger charge is 1.93. The molecule has 0 aliphatic rings. The van der Waals surface area contributed by atoms with Gasteiger partial charge in [-0.3, -0.25) is 0 Å². The smallest absolute Gasteiger partial charge is 0.119 e. The molecule has 1 aromatic carbocycles. The van der Waals surface area contributed by atoms with Crippen molar-refractivity contribution in [3.63, 3.8) is 0 Å². The van der Waals surface area contributed by atoms with E-state index in [9.17, 15) is 0 Å². The molecule has 0 aliphatic carbocycles. The lowest BCUT2D eigenvalue weighted by atomic mass is 10.3. The maximum absolute atomic E-state index is 5.50. The van der Waals surface area contributed by atoms with Crippen molar-refractivity contribution in [1.82, 2.24) is 0 Å². The fourth-order valence-electron chi connectivity index (χ4n) is 1.51. The number of rotatable bonds is 11. The first-order chi connectivity index (χ1) is 8.93. The van der Waals surface area contributed by atoms with Gasteiger partial charge in [-0.2, -0.15) is 0 Å². The van der Waals surface area contributed by atoms with Crippen LogP contribution in [0.2, 0.25) is 0 Å².